The first-order chi connectivity index (χ1) is 14.4. The van der Waals surface area contributed by atoms with Crippen molar-refractivity contribution in [3.05, 3.63) is 78.6 Å². The molecule has 0 saturated carbocycles. The van der Waals surface area contributed by atoms with Crippen molar-refractivity contribution in [2.24, 2.45) is 0 Å². The normalized spacial score (nSPS) is 11.7. The summed E-state index contributed by atoms with van der Waals surface area (Å²) in [6, 6.07) is 18.5. The number of aromatic nitrogens is 3. The largest absolute Gasteiger partial charge is 0.365 e. The number of fused-ring (bicyclic) bond motifs is 1. The Labute approximate surface area is 175 Å². The van der Waals surface area contributed by atoms with Crippen molar-refractivity contribution < 1.29 is 8.42 Å². The van der Waals surface area contributed by atoms with E-state index in [1.807, 2.05) is 42.5 Å². The number of nitrogens with one attached hydrogen (secondary N) is 1. The molecule has 0 radical (unpaired) electrons. The lowest BCUT2D eigenvalue weighted by Gasteiger charge is -2.14. The average Bonchev–Trinajstić information content (AvgIpc) is 2.78. The molecule has 0 aliphatic rings. The third kappa shape index (κ3) is 4.00. The van der Waals surface area contributed by atoms with Crippen LogP contribution in [0.1, 0.15) is 5.56 Å². The predicted molar refractivity (Wildman–Crippen MR) is 117 cm³/mol. The van der Waals surface area contributed by atoms with Crippen LogP contribution in [0, 0.1) is 0 Å². The van der Waals surface area contributed by atoms with Gasteiger partial charge in [-0.15, -0.1) is 0 Å². The van der Waals surface area contributed by atoms with Crippen molar-refractivity contribution in [2.45, 2.75) is 11.4 Å². The van der Waals surface area contributed by atoms with Crippen molar-refractivity contribution in [3.63, 3.8) is 0 Å². The summed E-state index contributed by atoms with van der Waals surface area (Å²) in [7, 11) is -0.551. The number of sulfonamides is 1. The minimum absolute atomic E-state index is 0.197. The molecule has 0 unspecified atom stereocenters. The lowest BCUT2D eigenvalue weighted by Crippen LogP contribution is -2.22. The van der Waals surface area contributed by atoms with E-state index in [0.717, 1.165) is 11.1 Å². The van der Waals surface area contributed by atoms with E-state index >= 15 is 0 Å². The zero-order valence-electron chi connectivity index (χ0n) is 16.6. The van der Waals surface area contributed by atoms with Crippen LogP contribution >= 0.6 is 0 Å². The molecule has 0 spiro atoms. The van der Waals surface area contributed by atoms with Crippen molar-refractivity contribution in [1.29, 1.82) is 0 Å². The Morgan fingerprint density at radius 2 is 1.67 bits per heavy atom. The average molecular weight is 420 g/mol. The molecule has 4 rings (SSSR count). The van der Waals surface area contributed by atoms with E-state index in [2.05, 4.69) is 15.3 Å². The first-order valence-corrected chi connectivity index (χ1v) is 10.8. The van der Waals surface area contributed by atoms with E-state index in [-0.39, 0.29) is 4.90 Å². The van der Waals surface area contributed by atoms with Crippen LogP contribution in [0.2, 0.25) is 0 Å². The van der Waals surface area contributed by atoms with Gasteiger partial charge >= 0.3 is 0 Å². The zero-order chi connectivity index (χ0) is 21.1. The van der Waals surface area contributed by atoms with Crippen LogP contribution in [0.15, 0.2) is 78.0 Å². The van der Waals surface area contributed by atoms with Crippen LogP contribution in [0.4, 0.5) is 5.82 Å². The van der Waals surface area contributed by atoms with Gasteiger partial charge in [-0.25, -0.2) is 22.7 Å². The highest BCUT2D eigenvalue weighted by Gasteiger charge is 2.19. The zero-order valence-corrected chi connectivity index (χ0v) is 17.5. The van der Waals surface area contributed by atoms with Crippen molar-refractivity contribution >= 4 is 26.7 Å². The molecule has 8 heteroatoms. The summed E-state index contributed by atoms with van der Waals surface area (Å²) in [6.45, 7) is 0.549. The Hall–Kier alpha value is -3.36. The maximum Gasteiger partial charge on any atom is 0.242 e. The van der Waals surface area contributed by atoms with Crippen molar-refractivity contribution in [2.75, 3.05) is 19.4 Å². The molecule has 2 heterocycles. The van der Waals surface area contributed by atoms with Crippen molar-refractivity contribution in [1.82, 2.24) is 19.3 Å². The molecule has 0 amide bonds. The van der Waals surface area contributed by atoms with E-state index in [1.54, 1.807) is 30.6 Å². The van der Waals surface area contributed by atoms with Gasteiger partial charge in [-0.1, -0.05) is 30.3 Å². The van der Waals surface area contributed by atoms with Gasteiger partial charge in [0.15, 0.2) is 5.82 Å². The lowest BCUT2D eigenvalue weighted by atomic mass is 10.2. The topological polar surface area (TPSA) is 88.1 Å². The number of rotatable bonds is 6. The fraction of sp³-hybridized carbons (Fsp3) is 0.136. The molecule has 0 fully saturated rings. The van der Waals surface area contributed by atoms with Gasteiger partial charge < -0.3 is 5.32 Å². The van der Waals surface area contributed by atoms with Gasteiger partial charge in [-0.3, -0.25) is 4.98 Å². The highest BCUT2D eigenvalue weighted by molar-refractivity contribution is 7.89. The van der Waals surface area contributed by atoms with E-state index in [1.165, 1.54) is 18.4 Å². The van der Waals surface area contributed by atoms with Crippen LogP contribution in [0.5, 0.6) is 0 Å². The van der Waals surface area contributed by atoms with Crippen LogP contribution in [-0.2, 0) is 16.6 Å². The second-order valence-electron chi connectivity index (χ2n) is 6.94. The number of hydrogen-bond donors (Lipinski definition) is 1. The van der Waals surface area contributed by atoms with Crippen molar-refractivity contribution in [3.8, 4) is 11.4 Å². The molecular formula is C22H21N5O2S. The number of hydrogen-bond acceptors (Lipinski definition) is 6. The number of nitrogens with zero attached hydrogens (tertiary/aromatic N) is 4. The summed E-state index contributed by atoms with van der Waals surface area (Å²) in [4.78, 5) is 13.6. The molecule has 1 N–H and O–H groups in total. The Kier molecular flexibility index (Phi) is 5.43. The molecule has 0 aliphatic carbocycles. The Morgan fingerprint density at radius 1 is 0.933 bits per heavy atom. The van der Waals surface area contributed by atoms with Gasteiger partial charge in [0.05, 0.1) is 10.4 Å². The summed E-state index contributed by atoms with van der Waals surface area (Å²) < 4.78 is 26.4. The van der Waals surface area contributed by atoms with Crippen LogP contribution in [-0.4, -0.2) is 41.8 Å². The predicted octanol–water partition coefficient (Wildman–Crippen LogP) is 3.55. The molecule has 0 atom stereocenters. The number of pyridine rings is 1. The minimum atomic E-state index is -3.57. The van der Waals surface area contributed by atoms with E-state index in [0.29, 0.717) is 29.1 Å². The Balaban J connectivity index is 1.84. The highest BCUT2D eigenvalue weighted by atomic mass is 32.2. The maximum absolute atomic E-state index is 12.6. The highest BCUT2D eigenvalue weighted by Crippen LogP contribution is 2.28. The summed E-state index contributed by atoms with van der Waals surface area (Å²) >= 11 is 0. The maximum atomic E-state index is 12.6. The first kappa shape index (κ1) is 19.9. The molecular weight excluding hydrogens is 398 g/mol. The van der Waals surface area contributed by atoms with Gasteiger partial charge in [0.1, 0.15) is 5.82 Å². The lowest BCUT2D eigenvalue weighted by molar-refractivity contribution is 0.521. The second kappa shape index (κ2) is 8.17. The quantitative estimate of drug-likeness (QED) is 0.514. The van der Waals surface area contributed by atoms with Crippen LogP contribution < -0.4 is 5.32 Å². The summed E-state index contributed by atoms with van der Waals surface area (Å²) in [5.74, 6) is 1.12. The van der Waals surface area contributed by atoms with Gasteiger partial charge in [0, 0.05) is 44.0 Å². The Bertz CT molecular complexity index is 1280. The molecule has 7 nitrogen and oxygen atoms in total. The van der Waals surface area contributed by atoms with Crippen LogP contribution in [0.3, 0.4) is 0 Å². The number of benzene rings is 2. The van der Waals surface area contributed by atoms with Gasteiger partial charge in [-0.05, 0) is 35.9 Å². The summed E-state index contributed by atoms with van der Waals surface area (Å²) in [6.07, 6.45) is 3.37. The fourth-order valence-electron chi connectivity index (χ4n) is 3.03. The Morgan fingerprint density at radius 3 is 2.37 bits per heavy atom. The van der Waals surface area contributed by atoms with Crippen LogP contribution in [0.25, 0.3) is 22.3 Å². The van der Waals surface area contributed by atoms with Gasteiger partial charge in [0.25, 0.3) is 0 Å². The SMILES string of the molecule is CN(C)S(=O)(=O)c1ccc2nc(-c3ccncc3)nc(NCc3ccccc3)c2c1. The number of anilines is 1. The standard InChI is InChI=1S/C22H21N5O2S/c1-27(2)30(28,29)18-8-9-20-19(14-18)22(24-15-16-6-4-3-5-7-16)26-21(25-20)17-10-12-23-13-11-17/h3-14H,15H2,1-2H3,(H,24,25,26). The monoisotopic (exact) mass is 419 g/mol. The third-order valence-electron chi connectivity index (χ3n) is 4.69. The molecule has 30 heavy (non-hydrogen) atoms. The molecule has 152 valence electrons. The molecule has 4 aromatic rings. The third-order valence-corrected chi connectivity index (χ3v) is 6.50. The molecule has 0 bridgehead atoms. The molecule has 0 aliphatic heterocycles. The second-order valence-corrected chi connectivity index (χ2v) is 9.09. The molecule has 0 saturated heterocycles. The smallest absolute Gasteiger partial charge is 0.242 e. The van der Waals surface area contributed by atoms with Gasteiger partial charge in [-0.2, -0.15) is 0 Å². The molecule has 2 aromatic heterocycles. The van der Waals surface area contributed by atoms with Gasteiger partial charge in [0.2, 0.25) is 10.0 Å². The minimum Gasteiger partial charge on any atom is -0.365 e. The first-order valence-electron chi connectivity index (χ1n) is 9.38. The summed E-state index contributed by atoms with van der Waals surface area (Å²) in [5, 5.41) is 3.99. The molecule has 2 aromatic carbocycles. The van der Waals surface area contributed by atoms with E-state index in [4.69, 9.17) is 4.98 Å². The van der Waals surface area contributed by atoms with E-state index in [9.17, 15) is 8.42 Å². The van der Waals surface area contributed by atoms with E-state index < -0.39 is 10.0 Å². The summed E-state index contributed by atoms with van der Waals surface area (Å²) in [5.41, 5.74) is 2.58. The fourth-order valence-corrected chi connectivity index (χ4v) is 3.95.